The van der Waals surface area contributed by atoms with E-state index in [1.54, 1.807) is 0 Å². The first-order valence-electron chi connectivity index (χ1n) is 3.80. The number of halogens is 3. The topological polar surface area (TPSA) is 53.1 Å². The molecule has 0 amide bonds. The van der Waals surface area contributed by atoms with Crippen LogP contribution in [0.1, 0.15) is 23.4 Å². The summed E-state index contributed by atoms with van der Waals surface area (Å²) in [5, 5.41) is 8.71. The van der Waals surface area contributed by atoms with E-state index < -0.39 is 24.0 Å². The predicted octanol–water partition coefficient (Wildman–Crippen LogP) is 1.54. The zero-order chi connectivity index (χ0) is 10.7. The Balaban J connectivity index is 3.35. The number of aromatic nitrogens is 1. The second kappa shape index (κ2) is 4.52. The number of aliphatic hydroxyl groups excluding tert-OH is 1. The minimum Gasteiger partial charge on any atom is -0.390 e. The van der Waals surface area contributed by atoms with Gasteiger partial charge < -0.3 is 10.1 Å². The lowest BCUT2D eigenvalue weighted by molar-refractivity contribution is 0.148. The number of pyridine rings is 1. The van der Waals surface area contributed by atoms with E-state index in [0.29, 0.717) is 0 Å². The minimum atomic E-state index is -2.86. The van der Waals surface area contributed by atoms with E-state index in [9.17, 15) is 13.6 Å². The first-order valence-corrected chi connectivity index (χ1v) is 4.33. The number of aliphatic hydroxyl groups is 1. The molecule has 0 saturated heterocycles. The molecule has 0 saturated carbocycles. The first-order chi connectivity index (χ1) is 6.60. The van der Waals surface area contributed by atoms with E-state index >= 15 is 0 Å². The van der Waals surface area contributed by atoms with Crippen LogP contribution in [0.3, 0.4) is 0 Å². The van der Waals surface area contributed by atoms with Gasteiger partial charge in [-0.25, -0.2) is 8.78 Å². The van der Waals surface area contributed by atoms with Crippen molar-refractivity contribution in [3.8, 4) is 0 Å². The van der Waals surface area contributed by atoms with E-state index in [1.165, 1.54) is 0 Å². The molecule has 0 aliphatic carbocycles. The lowest BCUT2D eigenvalue weighted by atomic mass is 10.2. The molecule has 0 atom stereocenters. The van der Waals surface area contributed by atoms with Crippen LogP contribution >= 0.6 is 11.6 Å². The van der Waals surface area contributed by atoms with Gasteiger partial charge in [-0.15, -0.1) is 11.6 Å². The molecule has 1 heterocycles. The maximum Gasteiger partial charge on any atom is 0.269 e. The monoisotopic (exact) mass is 223 g/mol. The first kappa shape index (κ1) is 11.1. The Labute approximate surface area is 83.3 Å². The van der Waals surface area contributed by atoms with Crippen molar-refractivity contribution in [1.82, 2.24) is 4.98 Å². The Bertz CT molecular complexity index is 378. The summed E-state index contributed by atoms with van der Waals surface area (Å²) >= 11 is 5.39. The van der Waals surface area contributed by atoms with Crippen molar-refractivity contribution >= 4 is 11.6 Å². The number of nitrogens with one attached hydrogen (secondary N) is 1. The number of hydrogen-bond donors (Lipinski definition) is 2. The van der Waals surface area contributed by atoms with E-state index in [2.05, 4.69) is 4.98 Å². The fraction of sp³-hybridized carbons (Fsp3) is 0.375. The van der Waals surface area contributed by atoms with Crippen LogP contribution < -0.4 is 5.43 Å². The highest BCUT2D eigenvalue weighted by molar-refractivity contribution is 6.17. The molecule has 0 aliphatic heterocycles. The highest BCUT2D eigenvalue weighted by Gasteiger charge is 2.17. The molecule has 0 bridgehead atoms. The zero-order valence-corrected chi connectivity index (χ0v) is 7.81. The van der Waals surface area contributed by atoms with Gasteiger partial charge in [0.2, 0.25) is 0 Å². The van der Waals surface area contributed by atoms with E-state index in [1.807, 2.05) is 0 Å². The van der Waals surface area contributed by atoms with Crippen molar-refractivity contribution in [2.75, 3.05) is 0 Å². The third-order valence-electron chi connectivity index (χ3n) is 1.73. The van der Waals surface area contributed by atoms with Crippen LogP contribution in [0.2, 0.25) is 0 Å². The number of hydrogen-bond acceptors (Lipinski definition) is 2. The molecule has 1 aromatic heterocycles. The summed E-state index contributed by atoms with van der Waals surface area (Å²) in [7, 11) is 0. The zero-order valence-electron chi connectivity index (χ0n) is 7.06. The van der Waals surface area contributed by atoms with Gasteiger partial charge in [0, 0.05) is 17.5 Å². The molecule has 0 spiro atoms. The van der Waals surface area contributed by atoms with Crippen molar-refractivity contribution < 1.29 is 13.9 Å². The number of H-pyrrole nitrogens is 1. The average Bonchev–Trinajstić information content (AvgIpc) is 2.15. The SMILES string of the molecule is O=c1cc(CO)[nH]c(CCl)c1C(F)F. The second-order valence-electron chi connectivity index (χ2n) is 2.64. The maximum atomic E-state index is 12.4. The summed E-state index contributed by atoms with van der Waals surface area (Å²) in [6.07, 6.45) is -2.86. The molecule has 1 rings (SSSR count). The van der Waals surface area contributed by atoms with Crippen molar-refractivity contribution in [3.05, 3.63) is 33.2 Å². The van der Waals surface area contributed by atoms with Crippen LogP contribution in [0, 0.1) is 0 Å². The lowest BCUT2D eigenvalue weighted by Crippen LogP contribution is -2.15. The molecule has 0 unspecified atom stereocenters. The van der Waals surface area contributed by atoms with Gasteiger partial charge in [0.05, 0.1) is 18.1 Å². The van der Waals surface area contributed by atoms with Gasteiger partial charge in [-0.05, 0) is 0 Å². The fourth-order valence-electron chi connectivity index (χ4n) is 1.11. The smallest absolute Gasteiger partial charge is 0.269 e. The summed E-state index contributed by atoms with van der Waals surface area (Å²) in [4.78, 5) is 13.6. The molecule has 6 heteroatoms. The molecular formula is C8H8ClF2NO2. The number of alkyl halides is 3. The molecule has 3 nitrogen and oxygen atoms in total. The largest absolute Gasteiger partial charge is 0.390 e. The number of rotatable bonds is 3. The van der Waals surface area contributed by atoms with Gasteiger partial charge in [0.1, 0.15) is 0 Å². The van der Waals surface area contributed by atoms with Gasteiger partial charge in [-0.2, -0.15) is 0 Å². The molecule has 1 aromatic rings. The molecule has 0 aromatic carbocycles. The lowest BCUT2D eigenvalue weighted by Gasteiger charge is -2.07. The molecule has 0 aliphatic rings. The van der Waals surface area contributed by atoms with Crippen molar-refractivity contribution in [3.63, 3.8) is 0 Å². The van der Waals surface area contributed by atoms with Crippen molar-refractivity contribution in [2.45, 2.75) is 18.9 Å². The summed E-state index contributed by atoms with van der Waals surface area (Å²) in [6, 6.07) is 0.942. The Morgan fingerprint density at radius 1 is 1.57 bits per heavy atom. The summed E-state index contributed by atoms with van der Waals surface area (Å²) in [5.41, 5.74) is -1.30. The van der Waals surface area contributed by atoms with Gasteiger partial charge in [-0.3, -0.25) is 4.79 Å². The van der Waals surface area contributed by atoms with E-state index in [4.69, 9.17) is 16.7 Å². The van der Waals surface area contributed by atoms with Crippen LogP contribution in [0.25, 0.3) is 0 Å². The Hall–Kier alpha value is -0.940. The van der Waals surface area contributed by atoms with Crippen LogP contribution in [0.5, 0.6) is 0 Å². The summed E-state index contributed by atoms with van der Waals surface area (Å²) < 4.78 is 24.7. The molecular weight excluding hydrogens is 216 g/mol. The van der Waals surface area contributed by atoms with Crippen LogP contribution in [0.4, 0.5) is 8.78 Å². The van der Waals surface area contributed by atoms with Gasteiger partial charge in [0.15, 0.2) is 5.43 Å². The minimum absolute atomic E-state index is 0.0433. The Kier molecular flexibility index (Phi) is 3.60. The maximum absolute atomic E-state index is 12.4. The van der Waals surface area contributed by atoms with Crippen molar-refractivity contribution in [2.24, 2.45) is 0 Å². The highest BCUT2D eigenvalue weighted by Crippen LogP contribution is 2.19. The molecule has 0 radical (unpaired) electrons. The predicted molar refractivity (Wildman–Crippen MR) is 47.5 cm³/mol. The van der Waals surface area contributed by atoms with Crippen LogP contribution in [0.15, 0.2) is 10.9 Å². The van der Waals surface area contributed by atoms with Gasteiger partial charge >= 0.3 is 0 Å². The van der Waals surface area contributed by atoms with Crippen LogP contribution in [-0.2, 0) is 12.5 Å². The summed E-state index contributed by atoms with van der Waals surface area (Å²) in [6.45, 7) is -0.414. The number of aromatic amines is 1. The molecule has 14 heavy (non-hydrogen) atoms. The second-order valence-corrected chi connectivity index (χ2v) is 2.91. The Morgan fingerprint density at radius 2 is 2.21 bits per heavy atom. The summed E-state index contributed by atoms with van der Waals surface area (Å²) in [5.74, 6) is -0.219. The van der Waals surface area contributed by atoms with Crippen LogP contribution in [-0.4, -0.2) is 10.1 Å². The highest BCUT2D eigenvalue weighted by atomic mass is 35.5. The third kappa shape index (κ3) is 2.10. The van der Waals surface area contributed by atoms with E-state index in [-0.39, 0.29) is 17.3 Å². The normalized spacial score (nSPS) is 10.9. The average molecular weight is 224 g/mol. The Morgan fingerprint density at radius 3 is 2.64 bits per heavy atom. The molecule has 78 valence electrons. The standard InChI is InChI=1S/C8H8ClF2NO2/c9-2-5-7(8(10)11)6(14)1-4(3-13)12-5/h1,8,13H,2-3H2,(H,12,14). The van der Waals surface area contributed by atoms with Gasteiger partial charge in [-0.1, -0.05) is 0 Å². The molecule has 0 fully saturated rings. The van der Waals surface area contributed by atoms with Gasteiger partial charge in [0.25, 0.3) is 6.43 Å². The van der Waals surface area contributed by atoms with Crippen molar-refractivity contribution in [1.29, 1.82) is 0 Å². The fourth-order valence-corrected chi connectivity index (χ4v) is 1.32. The molecule has 2 N–H and O–H groups in total. The quantitative estimate of drug-likeness (QED) is 0.764. The van der Waals surface area contributed by atoms with E-state index in [0.717, 1.165) is 6.07 Å². The third-order valence-corrected chi connectivity index (χ3v) is 2.00.